The minimum absolute atomic E-state index is 0.938. The summed E-state index contributed by atoms with van der Waals surface area (Å²) in [6.45, 7) is 7.55. The quantitative estimate of drug-likeness (QED) is 0.863. The Labute approximate surface area is 123 Å². The Morgan fingerprint density at radius 2 is 1.90 bits per heavy atom. The summed E-state index contributed by atoms with van der Waals surface area (Å²) in [6, 6.07) is 6.57. The van der Waals surface area contributed by atoms with E-state index >= 15 is 0 Å². The molecule has 0 aliphatic carbocycles. The summed E-state index contributed by atoms with van der Waals surface area (Å²) in [5, 5.41) is 3.39. The van der Waals surface area contributed by atoms with Crippen molar-refractivity contribution >= 4 is 0 Å². The van der Waals surface area contributed by atoms with Gasteiger partial charge in [0.25, 0.3) is 0 Å². The zero-order chi connectivity index (χ0) is 14.2. The number of methoxy groups -OCH3 is 1. The van der Waals surface area contributed by atoms with Crippen molar-refractivity contribution in [3.05, 3.63) is 29.3 Å². The van der Waals surface area contributed by atoms with Gasteiger partial charge in [-0.15, -0.1) is 0 Å². The standard InChI is InChI=1S/C17H28N2O/c1-3-18-13-15-8-9-17(20-2)16(12-15)14-19-10-6-4-5-7-11-19/h8-9,12,18H,3-7,10-11,13-14H2,1-2H3. The number of nitrogens with one attached hydrogen (secondary N) is 1. The van der Waals surface area contributed by atoms with Gasteiger partial charge in [0.05, 0.1) is 7.11 Å². The molecule has 1 heterocycles. The summed E-state index contributed by atoms with van der Waals surface area (Å²) < 4.78 is 5.53. The van der Waals surface area contributed by atoms with E-state index in [-0.39, 0.29) is 0 Å². The molecule has 0 atom stereocenters. The third-order valence-corrected chi connectivity index (χ3v) is 4.02. The Hall–Kier alpha value is -1.06. The average Bonchev–Trinajstić information content (AvgIpc) is 2.74. The molecule has 0 spiro atoms. The van der Waals surface area contributed by atoms with Gasteiger partial charge >= 0.3 is 0 Å². The molecule has 2 rings (SSSR count). The summed E-state index contributed by atoms with van der Waals surface area (Å²) in [5.74, 6) is 1.02. The summed E-state index contributed by atoms with van der Waals surface area (Å²) in [5.41, 5.74) is 2.67. The molecule has 3 nitrogen and oxygen atoms in total. The van der Waals surface area contributed by atoms with Crippen LogP contribution < -0.4 is 10.1 Å². The second-order valence-electron chi connectivity index (χ2n) is 5.62. The van der Waals surface area contributed by atoms with E-state index in [4.69, 9.17) is 4.74 Å². The predicted molar refractivity (Wildman–Crippen MR) is 84.1 cm³/mol. The van der Waals surface area contributed by atoms with Crippen LogP contribution in [0.15, 0.2) is 18.2 Å². The van der Waals surface area contributed by atoms with E-state index in [1.165, 1.54) is 49.9 Å². The van der Waals surface area contributed by atoms with Crippen molar-refractivity contribution in [1.82, 2.24) is 10.2 Å². The van der Waals surface area contributed by atoms with Gasteiger partial charge in [-0.25, -0.2) is 0 Å². The number of likely N-dealkylation sites (tertiary alicyclic amines) is 1. The van der Waals surface area contributed by atoms with Crippen LogP contribution >= 0.6 is 0 Å². The topological polar surface area (TPSA) is 24.5 Å². The van der Waals surface area contributed by atoms with Crippen LogP contribution in [0.1, 0.15) is 43.7 Å². The lowest BCUT2D eigenvalue weighted by atomic mass is 10.1. The average molecular weight is 276 g/mol. The van der Waals surface area contributed by atoms with Crippen molar-refractivity contribution in [2.45, 2.75) is 45.7 Å². The molecule has 1 aliphatic heterocycles. The highest BCUT2D eigenvalue weighted by molar-refractivity contribution is 5.37. The van der Waals surface area contributed by atoms with Gasteiger partial charge in [-0.2, -0.15) is 0 Å². The van der Waals surface area contributed by atoms with Gasteiger partial charge in [-0.1, -0.05) is 25.8 Å². The van der Waals surface area contributed by atoms with E-state index in [9.17, 15) is 0 Å². The minimum Gasteiger partial charge on any atom is -0.496 e. The van der Waals surface area contributed by atoms with Gasteiger partial charge in [0, 0.05) is 18.7 Å². The maximum atomic E-state index is 5.53. The maximum Gasteiger partial charge on any atom is 0.123 e. The lowest BCUT2D eigenvalue weighted by molar-refractivity contribution is 0.271. The van der Waals surface area contributed by atoms with Crippen LogP contribution in [0.5, 0.6) is 5.75 Å². The number of nitrogens with zero attached hydrogens (tertiary/aromatic N) is 1. The lowest BCUT2D eigenvalue weighted by Gasteiger charge is -2.21. The first-order chi connectivity index (χ1) is 9.83. The summed E-state index contributed by atoms with van der Waals surface area (Å²) in [6.07, 6.45) is 5.43. The zero-order valence-corrected chi connectivity index (χ0v) is 13.0. The Bertz CT molecular complexity index is 398. The van der Waals surface area contributed by atoms with Crippen LogP contribution in [-0.4, -0.2) is 31.6 Å². The molecule has 1 aromatic rings. The minimum atomic E-state index is 0.938. The van der Waals surface area contributed by atoms with Crippen LogP contribution in [0.3, 0.4) is 0 Å². The molecule has 1 N–H and O–H groups in total. The van der Waals surface area contributed by atoms with Gasteiger partial charge in [-0.05, 0) is 50.2 Å². The molecule has 1 aliphatic rings. The number of hydrogen-bond acceptors (Lipinski definition) is 3. The second-order valence-corrected chi connectivity index (χ2v) is 5.62. The Morgan fingerprint density at radius 1 is 1.15 bits per heavy atom. The van der Waals surface area contributed by atoms with Crippen molar-refractivity contribution in [3.8, 4) is 5.75 Å². The molecular weight excluding hydrogens is 248 g/mol. The lowest BCUT2D eigenvalue weighted by Crippen LogP contribution is -2.24. The van der Waals surface area contributed by atoms with Crippen LogP contribution in [0.25, 0.3) is 0 Å². The molecule has 0 aromatic heterocycles. The van der Waals surface area contributed by atoms with E-state index in [1.54, 1.807) is 7.11 Å². The summed E-state index contributed by atoms with van der Waals surface area (Å²) in [4.78, 5) is 2.57. The van der Waals surface area contributed by atoms with Crippen molar-refractivity contribution < 1.29 is 4.74 Å². The van der Waals surface area contributed by atoms with E-state index in [0.29, 0.717) is 0 Å². The molecule has 0 amide bonds. The molecule has 1 saturated heterocycles. The van der Waals surface area contributed by atoms with E-state index in [1.807, 2.05) is 0 Å². The van der Waals surface area contributed by atoms with Crippen molar-refractivity contribution in [2.24, 2.45) is 0 Å². The summed E-state index contributed by atoms with van der Waals surface area (Å²) >= 11 is 0. The third-order valence-electron chi connectivity index (χ3n) is 4.02. The molecule has 0 bridgehead atoms. The number of benzene rings is 1. The van der Waals surface area contributed by atoms with Crippen LogP contribution in [0.2, 0.25) is 0 Å². The van der Waals surface area contributed by atoms with E-state index in [0.717, 1.165) is 25.4 Å². The monoisotopic (exact) mass is 276 g/mol. The Kier molecular flexibility index (Phi) is 6.34. The van der Waals surface area contributed by atoms with Crippen molar-refractivity contribution in [1.29, 1.82) is 0 Å². The molecule has 0 unspecified atom stereocenters. The summed E-state index contributed by atoms with van der Waals surface area (Å²) in [7, 11) is 1.77. The molecule has 1 fully saturated rings. The predicted octanol–water partition coefficient (Wildman–Crippen LogP) is 3.18. The van der Waals surface area contributed by atoms with Crippen LogP contribution in [0, 0.1) is 0 Å². The number of rotatable bonds is 6. The van der Waals surface area contributed by atoms with Gasteiger partial charge in [0.15, 0.2) is 0 Å². The van der Waals surface area contributed by atoms with Crippen molar-refractivity contribution in [2.75, 3.05) is 26.7 Å². The normalized spacial score (nSPS) is 16.9. The largest absolute Gasteiger partial charge is 0.496 e. The fraction of sp³-hybridized carbons (Fsp3) is 0.647. The van der Waals surface area contributed by atoms with E-state index < -0.39 is 0 Å². The Balaban J connectivity index is 2.06. The Morgan fingerprint density at radius 3 is 2.55 bits per heavy atom. The number of hydrogen-bond donors (Lipinski definition) is 1. The molecule has 3 heteroatoms. The highest BCUT2D eigenvalue weighted by atomic mass is 16.5. The third kappa shape index (κ3) is 4.50. The molecule has 0 radical (unpaired) electrons. The first kappa shape index (κ1) is 15.3. The highest BCUT2D eigenvalue weighted by Gasteiger charge is 2.12. The van der Waals surface area contributed by atoms with E-state index in [2.05, 4.69) is 35.3 Å². The molecule has 0 saturated carbocycles. The maximum absolute atomic E-state index is 5.53. The van der Waals surface area contributed by atoms with Gasteiger partial charge in [0.2, 0.25) is 0 Å². The zero-order valence-electron chi connectivity index (χ0n) is 13.0. The fourth-order valence-electron chi connectivity index (χ4n) is 2.87. The van der Waals surface area contributed by atoms with Crippen molar-refractivity contribution in [3.63, 3.8) is 0 Å². The molecule has 1 aromatic carbocycles. The van der Waals surface area contributed by atoms with Gasteiger partial charge in [0.1, 0.15) is 5.75 Å². The fourth-order valence-corrected chi connectivity index (χ4v) is 2.87. The molecular formula is C17H28N2O. The second kappa shape index (κ2) is 8.28. The van der Waals surface area contributed by atoms with Gasteiger partial charge in [-0.3, -0.25) is 4.90 Å². The highest BCUT2D eigenvalue weighted by Crippen LogP contribution is 2.23. The first-order valence-electron chi connectivity index (χ1n) is 7.92. The first-order valence-corrected chi connectivity index (χ1v) is 7.92. The van der Waals surface area contributed by atoms with Gasteiger partial charge < -0.3 is 10.1 Å². The number of ether oxygens (including phenoxy) is 1. The smallest absolute Gasteiger partial charge is 0.123 e. The molecule has 20 heavy (non-hydrogen) atoms. The van der Waals surface area contributed by atoms with Crippen LogP contribution in [-0.2, 0) is 13.1 Å². The SMILES string of the molecule is CCNCc1ccc(OC)c(CN2CCCCCC2)c1. The van der Waals surface area contributed by atoms with Crippen LogP contribution in [0.4, 0.5) is 0 Å². The molecule has 112 valence electrons.